The number of hydrogen-bond donors (Lipinski definition) is 2. The minimum atomic E-state index is -0.0774. The molecule has 0 radical (unpaired) electrons. The van der Waals surface area contributed by atoms with Crippen LogP contribution in [-0.2, 0) is 22.4 Å². The lowest BCUT2D eigenvalue weighted by Gasteiger charge is -2.30. The Labute approximate surface area is 323 Å². The molecule has 14 heteroatoms. The smallest absolute Gasteiger partial charge is 0.253 e. The van der Waals surface area contributed by atoms with Crippen LogP contribution < -0.4 is 10.6 Å². The SMILES string of the molecule is Cc1ccc(Cc2c(C)nc3nc(SCC(=O)NC4CCCC(NC(=O)CSc5nc6nc(C)c(Cc7ccc(C)cc7)c(C)n6n5)C4)nn3c2C)cc1. The summed E-state index contributed by atoms with van der Waals surface area (Å²) < 4.78 is 3.55. The summed E-state index contributed by atoms with van der Waals surface area (Å²) in [5, 5.41) is 16.7. The first kappa shape index (κ1) is 37.5. The molecule has 12 nitrogen and oxygen atoms in total. The van der Waals surface area contributed by atoms with Crippen LogP contribution in [0.4, 0.5) is 0 Å². The number of hydrogen-bond acceptors (Lipinski definition) is 10. The van der Waals surface area contributed by atoms with Gasteiger partial charge in [-0.25, -0.2) is 19.0 Å². The summed E-state index contributed by atoms with van der Waals surface area (Å²) in [7, 11) is 0. The van der Waals surface area contributed by atoms with Gasteiger partial charge in [-0.05, 0) is 89.5 Å². The van der Waals surface area contributed by atoms with E-state index < -0.39 is 0 Å². The van der Waals surface area contributed by atoms with Gasteiger partial charge in [0.1, 0.15) is 0 Å². The van der Waals surface area contributed by atoms with Crippen molar-refractivity contribution in [3.63, 3.8) is 0 Å². The van der Waals surface area contributed by atoms with Gasteiger partial charge in [-0.2, -0.15) is 9.97 Å². The third-order valence-corrected chi connectivity index (χ3v) is 11.8. The number of benzene rings is 2. The minimum absolute atomic E-state index is 0.0128. The van der Waals surface area contributed by atoms with Gasteiger partial charge in [0.05, 0.1) is 11.5 Å². The maximum Gasteiger partial charge on any atom is 0.253 e. The van der Waals surface area contributed by atoms with Crippen LogP contribution in [0.15, 0.2) is 58.8 Å². The Balaban J connectivity index is 0.887. The van der Waals surface area contributed by atoms with Gasteiger partial charge in [0.15, 0.2) is 0 Å². The van der Waals surface area contributed by atoms with Crippen LogP contribution in [0.2, 0.25) is 0 Å². The number of amides is 2. The van der Waals surface area contributed by atoms with Crippen molar-refractivity contribution in [2.45, 2.75) is 102 Å². The average Bonchev–Trinajstić information content (AvgIpc) is 3.76. The molecule has 2 N–H and O–H groups in total. The number of carbonyl (C=O) groups excluding carboxylic acids is 2. The topological polar surface area (TPSA) is 144 Å². The molecule has 0 saturated heterocycles. The average molecular weight is 763 g/mol. The molecule has 0 aliphatic heterocycles. The van der Waals surface area contributed by atoms with Crippen LogP contribution in [0, 0.1) is 41.5 Å². The Morgan fingerprint density at radius 2 is 1.04 bits per heavy atom. The molecule has 1 aliphatic carbocycles. The lowest BCUT2D eigenvalue weighted by molar-refractivity contribution is -0.119. The molecule has 4 heterocycles. The molecule has 2 amide bonds. The van der Waals surface area contributed by atoms with Gasteiger partial charge in [-0.15, -0.1) is 10.2 Å². The Morgan fingerprint density at radius 1 is 0.630 bits per heavy atom. The summed E-state index contributed by atoms with van der Waals surface area (Å²) in [5.41, 5.74) is 11.0. The zero-order chi connectivity index (χ0) is 37.9. The summed E-state index contributed by atoms with van der Waals surface area (Å²) in [4.78, 5) is 44.7. The van der Waals surface area contributed by atoms with Crippen LogP contribution in [0.5, 0.6) is 0 Å². The summed E-state index contributed by atoms with van der Waals surface area (Å²) in [6.07, 6.45) is 4.88. The van der Waals surface area contributed by atoms with E-state index in [1.54, 1.807) is 9.03 Å². The van der Waals surface area contributed by atoms with Gasteiger partial charge in [0, 0.05) is 47.7 Å². The molecule has 0 spiro atoms. The fraction of sp³-hybridized carbons (Fsp3) is 0.400. The highest BCUT2D eigenvalue weighted by atomic mass is 32.2. The second kappa shape index (κ2) is 16.3. The number of fused-ring (bicyclic) bond motifs is 2. The summed E-state index contributed by atoms with van der Waals surface area (Å²) in [5.74, 6) is 1.31. The lowest BCUT2D eigenvalue weighted by atomic mass is 9.91. The molecule has 7 rings (SSSR count). The van der Waals surface area contributed by atoms with Crippen molar-refractivity contribution in [2.75, 3.05) is 11.5 Å². The summed E-state index contributed by atoms with van der Waals surface area (Å²) in [6, 6.07) is 17.0. The van der Waals surface area contributed by atoms with Crippen LogP contribution in [-0.4, -0.2) is 74.6 Å². The van der Waals surface area contributed by atoms with Gasteiger partial charge >= 0.3 is 0 Å². The molecule has 4 aromatic heterocycles. The van der Waals surface area contributed by atoms with Crippen molar-refractivity contribution in [1.82, 2.24) is 49.8 Å². The monoisotopic (exact) mass is 762 g/mol. The van der Waals surface area contributed by atoms with Crippen molar-refractivity contribution in [2.24, 2.45) is 0 Å². The summed E-state index contributed by atoms with van der Waals surface area (Å²) >= 11 is 2.61. The van der Waals surface area contributed by atoms with Gasteiger partial charge in [-0.3, -0.25) is 9.59 Å². The number of aryl methyl sites for hydroxylation is 6. The predicted octanol–water partition coefficient (Wildman–Crippen LogP) is 6.02. The number of nitrogens with one attached hydrogen (secondary N) is 2. The molecule has 1 saturated carbocycles. The second-order valence-electron chi connectivity index (χ2n) is 14.3. The Hall–Kier alpha value is -4.82. The van der Waals surface area contributed by atoms with E-state index in [0.29, 0.717) is 28.3 Å². The van der Waals surface area contributed by atoms with Gasteiger partial charge < -0.3 is 10.6 Å². The molecular formula is C40H46N10O2S2. The fourth-order valence-corrected chi connectivity index (χ4v) is 8.34. The van der Waals surface area contributed by atoms with Crippen LogP contribution in [0.1, 0.15) is 81.8 Å². The van der Waals surface area contributed by atoms with E-state index in [1.807, 2.05) is 27.7 Å². The quantitative estimate of drug-likeness (QED) is 0.142. The molecule has 6 aromatic rings. The summed E-state index contributed by atoms with van der Waals surface area (Å²) in [6.45, 7) is 12.3. The van der Waals surface area contributed by atoms with Crippen molar-refractivity contribution in [3.8, 4) is 0 Å². The number of carbonyl (C=O) groups is 2. The number of aromatic nitrogens is 8. The largest absolute Gasteiger partial charge is 0.353 e. The number of thioether (sulfide) groups is 2. The lowest BCUT2D eigenvalue weighted by Crippen LogP contribution is -2.46. The van der Waals surface area contributed by atoms with E-state index in [0.717, 1.165) is 66.0 Å². The standard InChI is InChI=1S/C40H46N10O2S2/c1-23-10-14-29(15-11-23)18-33-25(3)41-37-45-39(47-49(37)27(33)5)53-21-35(51)43-31-8-7-9-32(20-31)44-36(52)22-54-40-46-38-42-26(4)34(28(6)50(38)48-40)19-30-16-12-24(2)13-17-30/h10-17,31-32H,7-9,18-22H2,1-6H3,(H,43,51)(H,44,52). The van der Waals surface area contributed by atoms with E-state index in [-0.39, 0.29) is 35.4 Å². The van der Waals surface area contributed by atoms with E-state index in [1.165, 1.54) is 45.8 Å². The highest BCUT2D eigenvalue weighted by molar-refractivity contribution is 8.00. The zero-order valence-corrected chi connectivity index (χ0v) is 33.3. The third-order valence-electron chi connectivity index (χ3n) is 10.1. The minimum Gasteiger partial charge on any atom is -0.353 e. The van der Waals surface area contributed by atoms with Crippen LogP contribution in [0.3, 0.4) is 0 Å². The molecule has 1 fully saturated rings. The second-order valence-corrected chi connectivity index (χ2v) is 16.2. The normalized spacial score (nSPS) is 15.9. The Kier molecular flexibility index (Phi) is 11.3. The van der Waals surface area contributed by atoms with E-state index >= 15 is 0 Å². The van der Waals surface area contributed by atoms with Crippen molar-refractivity contribution in [3.05, 3.63) is 105 Å². The van der Waals surface area contributed by atoms with Crippen LogP contribution in [0.25, 0.3) is 11.6 Å². The van der Waals surface area contributed by atoms with Crippen LogP contribution >= 0.6 is 23.5 Å². The molecule has 2 unspecified atom stereocenters. The number of rotatable bonds is 12. The van der Waals surface area contributed by atoms with Gasteiger partial charge in [-0.1, -0.05) is 83.2 Å². The molecule has 280 valence electrons. The third kappa shape index (κ3) is 8.76. The molecule has 2 aromatic carbocycles. The van der Waals surface area contributed by atoms with E-state index in [4.69, 9.17) is 9.97 Å². The van der Waals surface area contributed by atoms with E-state index in [9.17, 15) is 9.59 Å². The molecule has 2 atom stereocenters. The molecule has 1 aliphatic rings. The highest BCUT2D eigenvalue weighted by Crippen LogP contribution is 2.24. The van der Waals surface area contributed by atoms with Gasteiger partial charge in [0.25, 0.3) is 11.6 Å². The van der Waals surface area contributed by atoms with Crippen molar-refractivity contribution in [1.29, 1.82) is 0 Å². The fourth-order valence-electron chi connectivity index (χ4n) is 7.08. The maximum absolute atomic E-state index is 13.0. The van der Waals surface area contributed by atoms with E-state index in [2.05, 4.69) is 93.2 Å². The first-order valence-corrected chi connectivity index (χ1v) is 20.4. The van der Waals surface area contributed by atoms with Crippen molar-refractivity contribution >= 4 is 46.9 Å². The molecular weight excluding hydrogens is 717 g/mol. The Morgan fingerprint density at radius 3 is 1.44 bits per heavy atom. The van der Waals surface area contributed by atoms with Crippen molar-refractivity contribution < 1.29 is 9.59 Å². The maximum atomic E-state index is 13.0. The molecule has 0 bridgehead atoms. The zero-order valence-electron chi connectivity index (χ0n) is 31.6. The first-order valence-electron chi connectivity index (χ1n) is 18.4. The number of nitrogens with zero attached hydrogens (tertiary/aromatic N) is 8. The molecule has 54 heavy (non-hydrogen) atoms. The first-order chi connectivity index (χ1) is 26.0. The Bertz CT molecular complexity index is 2160. The van der Waals surface area contributed by atoms with Gasteiger partial charge in [0.2, 0.25) is 22.1 Å². The predicted molar refractivity (Wildman–Crippen MR) is 212 cm³/mol. The highest BCUT2D eigenvalue weighted by Gasteiger charge is 2.25.